The number of Topliss-reactive ketones (excluding diaryl/α,β-unsaturated/α-hetero) is 1. The summed E-state index contributed by atoms with van der Waals surface area (Å²) in [6.45, 7) is 2.92. The van der Waals surface area contributed by atoms with Crippen LogP contribution in [0.3, 0.4) is 0 Å². The summed E-state index contributed by atoms with van der Waals surface area (Å²) in [6.07, 6.45) is 8.52. The molecule has 1 heterocycles. The second kappa shape index (κ2) is 6.94. The van der Waals surface area contributed by atoms with Gasteiger partial charge in [-0.25, -0.2) is 0 Å². The average Bonchev–Trinajstić information content (AvgIpc) is 2.09. The van der Waals surface area contributed by atoms with Gasteiger partial charge in [0.25, 0.3) is 0 Å². The van der Waals surface area contributed by atoms with Crippen molar-refractivity contribution in [2.24, 2.45) is 0 Å². The number of halogens is 1. The van der Waals surface area contributed by atoms with E-state index in [4.69, 9.17) is 6.42 Å². The number of hydrogen-bond donors (Lipinski definition) is 0. The Hall–Kier alpha value is -0.520. The summed E-state index contributed by atoms with van der Waals surface area (Å²) in [7, 11) is 0. The fourth-order valence-electron chi connectivity index (χ4n) is 1.43. The van der Waals surface area contributed by atoms with Crippen molar-refractivity contribution in [2.45, 2.75) is 25.7 Å². The average molecular weight is 202 g/mol. The molecule has 0 N–H and O–H groups in total. The highest BCUT2D eigenvalue weighted by molar-refractivity contribution is 5.85. The second-order valence-corrected chi connectivity index (χ2v) is 3.19. The lowest BCUT2D eigenvalue weighted by Crippen LogP contribution is -2.34. The van der Waals surface area contributed by atoms with Gasteiger partial charge in [-0.2, -0.15) is 0 Å². The quantitative estimate of drug-likeness (QED) is 0.510. The molecule has 0 saturated carbocycles. The molecule has 1 rings (SSSR count). The summed E-state index contributed by atoms with van der Waals surface area (Å²) in [4.78, 5) is 13.2. The van der Waals surface area contributed by atoms with Crippen molar-refractivity contribution in [1.29, 1.82) is 0 Å². The lowest BCUT2D eigenvalue weighted by molar-refractivity contribution is -0.121. The molecule has 0 amide bonds. The minimum atomic E-state index is 0. The predicted octanol–water partition coefficient (Wildman–Crippen LogP) is 1.49. The smallest absolute Gasteiger partial charge is 0.135 e. The standard InChI is InChI=1S/C10H15NO.ClH/c1-2-3-4-7-11-8-5-10(12)6-9-11;/h1H,3-9H2;1H. The number of terminal acetylenes is 1. The molecular weight excluding hydrogens is 186 g/mol. The first-order chi connectivity index (χ1) is 5.83. The summed E-state index contributed by atoms with van der Waals surface area (Å²) in [6, 6.07) is 0. The molecule has 0 atom stereocenters. The van der Waals surface area contributed by atoms with E-state index in [2.05, 4.69) is 10.8 Å². The minimum Gasteiger partial charge on any atom is -0.302 e. The number of piperidine rings is 1. The Morgan fingerprint density at radius 1 is 1.38 bits per heavy atom. The van der Waals surface area contributed by atoms with E-state index in [9.17, 15) is 4.79 Å². The monoisotopic (exact) mass is 201 g/mol. The third-order valence-corrected chi connectivity index (χ3v) is 2.21. The number of nitrogens with zero attached hydrogens (tertiary/aromatic N) is 1. The van der Waals surface area contributed by atoms with E-state index in [-0.39, 0.29) is 12.4 Å². The highest BCUT2D eigenvalue weighted by Gasteiger charge is 2.14. The maximum absolute atomic E-state index is 10.9. The van der Waals surface area contributed by atoms with Crippen LogP contribution in [0.15, 0.2) is 0 Å². The normalized spacial score (nSPS) is 17.6. The van der Waals surface area contributed by atoms with Crippen molar-refractivity contribution < 1.29 is 4.79 Å². The Labute approximate surface area is 86.1 Å². The first kappa shape index (κ1) is 12.5. The number of ketones is 1. The zero-order chi connectivity index (χ0) is 8.81. The van der Waals surface area contributed by atoms with Gasteiger partial charge in [-0.05, 0) is 13.0 Å². The largest absolute Gasteiger partial charge is 0.302 e. The van der Waals surface area contributed by atoms with Crippen LogP contribution in [0.1, 0.15) is 25.7 Å². The third kappa shape index (κ3) is 4.92. The number of carbonyl (C=O) groups excluding carboxylic acids is 1. The van der Waals surface area contributed by atoms with Gasteiger partial charge in [0.05, 0.1) is 0 Å². The second-order valence-electron chi connectivity index (χ2n) is 3.19. The number of rotatable bonds is 3. The first-order valence-electron chi connectivity index (χ1n) is 4.50. The van der Waals surface area contributed by atoms with Crippen LogP contribution in [0.5, 0.6) is 0 Å². The van der Waals surface area contributed by atoms with E-state index in [1.165, 1.54) is 0 Å². The van der Waals surface area contributed by atoms with Gasteiger partial charge in [-0.15, -0.1) is 24.8 Å². The Kier molecular flexibility index (Phi) is 6.66. The number of hydrogen-bond acceptors (Lipinski definition) is 2. The molecule has 0 radical (unpaired) electrons. The van der Waals surface area contributed by atoms with Gasteiger partial charge in [0.2, 0.25) is 0 Å². The zero-order valence-electron chi connectivity index (χ0n) is 7.79. The molecule has 0 aromatic rings. The van der Waals surface area contributed by atoms with Crippen LogP contribution in [-0.4, -0.2) is 30.3 Å². The van der Waals surface area contributed by atoms with Crippen molar-refractivity contribution in [3.8, 4) is 12.3 Å². The van der Waals surface area contributed by atoms with E-state index in [0.717, 1.165) is 45.3 Å². The lowest BCUT2D eigenvalue weighted by atomic mass is 10.1. The molecular formula is C10H16ClNO. The summed E-state index contributed by atoms with van der Waals surface area (Å²) in [5.41, 5.74) is 0. The highest BCUT2D eigenvalue weighted by Crippen LogP contribution is 2.06. The predicted molar refractivity (Wildman–Crippen MR) is 56.0 cm³/mol. The van der Waals surface area contributed by atoms with Crippen molar-refractivity contribution >= 4 is 18.2 Å². The van der Waals surface area contributed by atoms with E-state index < -0.39 is 0 Å². The van der Waals surface area contributed by atoms with E-state index in [0.29, 0.717) is 5.78 Å². The van der Waals surface area contributed by atoms with Gasteiger partial charge in [0, 0.05) is 32.4 Å². The molecule has 0 aliphatic carbocycles. The highest BCUT2D eigenvalue weighted by atomic mass is 35.5. The molecule has 1 fully saturated rings. The molecule has 0 aromatic heterocycles. The molecule has 1 aliphatic rings. The van der Waals surface area contributed by atoms with E-state index in [1.54, 1.807) is 0 Å². The maximum atomic E-state index is 10.9. The number of carbonyl (C=O) groups is 1. The van der Waals surface area contributed by atoms with Gasteiger partial charge in [0.15, 0.2) is 0 Å². The van der Waals surface area contributed by atoms with Gasteiger partial charge in [0.1, 0.15) is 5.78 Å². The first-order valence-corrected chi connectivity index (χ1v) is 4.50. The van der Waals surface area contributed by atoms with Gasteiger partial charge < -0.3 is 4.90 Å². The van der Waals surface area contributed by atoms with Crippen LogP contribution in [0.2, 0.25) is 0 Å². The van der Waals surface area contributed by atoms with Crippen LogP contribution >= 0.6 is 12.4 Å². The summed E-state index contributed by atoms with van der Waals surface area (Å²) in [5, 5.41) is 0. The number of unbranched alkanes of at least 4 members (excludes halogenated alkanes) is 1. The molecule has 0 aromatic carbocycles. The Balaban J connectivity index is 0.00000144. The SMILES string of the molecule is C#CCCCN1CCC(=O)CC1.Cl. The summed E-state index contributed by atoms with van der Waals surface area (Å²) < 4.78 is 0. The molecule has 0 spiro atoms. The maximum Gasteiger partial charge on any atom is 0.135 e. The summed E-state index contributed by atoms with van der Waals surface area (Å²) in [5.74, 6) is 3.03. The van der Waals surface area contributed by atoms with Crippen LogP contribution in [0.4, 0.5) is 0 Å². The molecule has 0 bridgehead atoms. The molecule has 74 valence electrons. The molecule has 0 unspecified atom stereocenters. The molecule has 1 saturated heterocycles. The molecule has 2 nitrogen and oxygen atoms in total. The van der Waals surface area contributed by atoms with Crippen molar-refractivity contribution in [1.82, 2.24) is 4.90 Å². The van der Waals surface area contributed by atoms with Crippen LogP contribution in [0.25, 0.3) is 0 Å². The van der Waals surface area contributed by atoms with E-state index >= 15 is 0 Å². The van der Waals surface area contributed by atoms with Gasteiger partial charge in [-0.1, -0.05) is 0 Å². The van der Waals surface area contributed by atoms with Crippen molar-refractivity contribution in [3.63, 3.8) is 0 Å². The van der Waals surface area contributed by atoms with Crippen LogP contribution in [-0.2, 0) is 4.79 Å². The minimum absolute atomic E-state index is 0. The topological polar surface area (TPSA) is 20.3 Å². The third-order valence-electron chi connectivity index (χ3n) is 2.21. The summed E-state index contributed by atoms with van der Waals surface area (Å²) >= 11 is 0. The number of likely N-dealkylation sites (tertiary alicyclic amines) is 1. The Bertz CT molecular complexity index is 188. The van der Waals surface area contributed by atoms with Crippen LogP contribution in [0, 0.1) is 12.3 Å². The van der Waals surface area contributed by atoms with Crippen molar-refractivity contribution in [2.75, 3.05) is 19.6 Å². The molecule has 3 heteroatoms. The van der Waals surface area contributed by atoms with Crippen molar-refractivity contribution in [3.05, 3.63) is 0 Å². The lowest BCUT2D eigenvalue weighted by Gasteiger charge is -2.25. The van der Waals surface area contributed by atoms with Gasteiger partial charge >= 0.3 is 0 Å². The molecule has 1 aliphatic heterocycles. The van der Waals surface area contributed by atoms with E-state index in [1.807, 2.05) is 0 Å². The Morgan fingerprint density at radius 3 is 2.54 bits per heavy atom. The Morgan fingerprint density at radius 2 is 2.00 bits per heavy atom. The van der Waals surface area contributed by atoms with Gasteiger partial charge in [-0.3, -0.25) is 4.79 Å². The fourth-order valence-corrected chi connectivity index (χ4v) is 1.43. The zero-order valence-corrected chi connectivity index (χ0v) is 8.61. The van der Waals surface area contributed by atoms with Crippen LogP contribution < -0.4 is 0 Å². The fraction of sp³-hybridized carbons (Fsp3) is 0.700. The molecule has 13 heavy (non-hydrogen) atoms.